The number of methoxy groups -OCH3 is 2. The number of nitrogens with two attached hydrogens (primary N) is 1. The average molecular weight is 675 g/mol. The van der Waals surface area contributed by atoms with E-state index < -0.39 is 56.3 Å². The highest BCUT2D eigenvalue weighted by Gasteiger charge is 2.54. The molecule has 252 valence electrons. The monoisotopic (exact) mass is 674 g/mol. The normalized spacial score (nSPS) is 23.7. The maximum Gasteiger partial charge on any atom is 0.459 e. The van der Waals surface area contributed by atoms with E-state index >= 15 is 0 Å². The fourth-order valence-corrected chi connectivity index (χ4v) is 6.67. The second-order valence-corrected chi connectivity index (χ2v) is 12.9. The van der Waals surface area contributed by atoms with E-state index in [0.717, 1.165) is 10.9 Å². The third-order valence-electron chi connectivity index (χ3n) is 7.85. The Bertz CT molecular complexity index is 1870. The first-order chi connectivity index (χ1) is 22.2. The van der Waals surface area contributed by atoms with Crippen LogP contribution in [-0.2, 0) is 28.2 Å². The molecule has 18 heteroatoms. The Morgan fingerprint density at radius 3 is 2.55 bits per heavy atom. The molecule has 5 rings (SSSR count). The first-order valence-corrected chi connectivity index (χ1v) is 15.9. The minimum absolute atomic E-state index is 0.0774. The predicted molar refractivity (Wildman–Crippen MR) is 166 cm³/mol. The lowest BCUT2D eigenvalue weighted by Crippen LogP contribution is -2.44. The van der Waals surface area contributed by atoms with Gasteiger partial charge in [0.25, 0.3) is 0 Å². The van der Waals surface area contributed by atoms with Gasteiger partial charge in [0.1, 0.15) is 29.6 Å². The van der Waals surface area contributed by atoms with Crippen molar-refractivity contribution >= 4 is 47.6 Å². The van der Waals surface area contributed by atoms with Gasteiger partial charge in [-0.2, -0.15) is 15.1 Å². The molecule has 7 atom stereocenters. The van der Waals surface area contributed by atoms with Crippen LogP contribution in [0.15, 0.2) is 42.7 Å². The van der Waals surface area contributed by atoms with Gasteiger partial charge in [-0.05, 0) is 49.2 Å². The Morgan fingerprint density at radius 2 is 1.87 bits per heavy atom. The number of esters is 1. The van der Waals surface area contributed by atoms with Gasteiger partial charge in [-0.3, -0.25) is 18.7 Å². The largest absolute Gasteiger partial charge is 0.480 e. The molecule has 4 aromatic rings. The zero-order valence-electron chi connectivity index (χ0n) is 26.1. The van der Waals surface area contributed by atoms with Crippen LogP contribution >= 0.6 is 7.75 Å². The summed E-state index contributed by atoms with van der Waals surface area (Å²) in [4.78, 5) is 36.0. The highest BCUT2D eigenvalue weighted by molar-refractivity contribution is 7.52. The first-order valence-electron chi connectivity index (χ1n) is 14.3. The molecule has 3 unspecified atom stereocenters. The number of nitrogens with one attached hydrogen (secondary N) is 1. The average Bonchev–Trinajstić information content (AvgIpc) is 3.55. The number of nitrogens with zero attached hydrogens (tertiary/aromatic N) is 4. The van der Waals surface area contributed by atoms with Crippen molar-refractivity contribution < 1.29 is 52.7 Å². The number of fused-ring (bicyclic) bond motifs is 2. The number of ether oxygens (including phenoxy) is 3. The molecule has 6 N–H and O–H groups in total. The summed E-state index contributed by atoms with van der Waals surface area (Å²) in [5.41, 5.74) is 4.98. The third kappa shape index (κ3) is 6.72. The highest BCUT2D eigenvalue weighted by Crippen LogP contribution is 2.48. The van der Waals surface area contributed by atoms with Crippen LogP contribution in [0.25, 0.3) is 21.9 Å². The number of rotatable bonds is 12. The summed E-state index contributed by atoms with van der Waals surface area (Å²) < 4.78 is 42.7. The number of aliphatic hydroxyl groups is 2. The van der Waals surface area contributed by atoms with E-state index in [-0.39, 0.29) is 34.7 Å². The molecule has 0 aliphatic carbocycles. The summed E-state index contributed by atoms with van der Waals surface area (Å²) in [6, 6.07) is 8.68. The van der Waals surface area contributed by atoms with E-state index in [2.05, 4.69) is 20.0 Å². The topological polar surface area (TPSA) is 240 Å². The lowest BCUT2D eigenvalue weighted by Gasteiger charge is -2.27. The highest BCUT2D eigenvalue weighted by atomic mass is 31.2. The quantitative estimate of drug-likeness (QED) is 0.107. The molecule has 47 heavy (non-hydrogen) atoms. The molecule has 2 aromatic carbocycles. The summed E-state index contributed by atoms with van der Waals surface area (Å²) in [7, 11) is -1.78. The molecular formula is C29H35N6O11P. The van der Waals surface area contributed by atoms with Crippen LogP contribution in [0.1, 0.15) is 38.5 Å². The lowest BCUT2D eigenvalue weighted by atomic mass is 9.96. The van der Waals surface area contributed by atoms with E-state index in [1.807, 2.05) is 6.07 Å². The number of imidazole rings is 1. The molecule has 0 amide bonds. The third-order valence-corrected chi connectivity index (χ3v) is 9.50. The Morgan fingerprint density at radius 1 is 1.17 bits per heavy atom. The summed E-state index contributed by atoms with van der Waals surface area (Å²) in [5.74, 6) is -2.17. The Balaban J connectivity index is 1.38. The van der Waals surface area contributed by atoms with Crippen LogP contribution in [0.4, 0.5) is 5.95 Å². The fraction of sp³-hybridized carbons (Fsp3) is 0.414. The van der Waals surface area contributed by atoms with Crippen molar-refractivity contribution in [3.05, 3.63) is 48.3 Å². The van der Waals surface area contributed by atoms with Crippen molar-refractivity contribution in [1.29, 1.82) is 0 Å². The summed E-state index contributed by atoms with van der Waals surface area (Å²) >= 11 is 0. The van der Waals surface area contributed by atoms with Gasteiger partial charge in [0.2, 0.25) is 11.8 Å². The number of benzene rings is 2. The Labute approximate surface area is 268 Å². The van der Waals surface area contributed by atoms with Crippen molar-refractivity contribution in [1.82, 2.24) is 24.6 Å². The maximum absolute atomic E-state index is 14.0. The lowest BCUT2D eigenvalue weighted by molar-refractivity contribution is -0.142. The number of aliphatic carboxylic acids is 1. The predicted octanol–water partition coefficient (Wildman–Crippen LogP) is 2.12. The fourth-order valence-electron chi connectivity index (χ4n) is 5.17. The maximum atomic E-state index is 14.0. The van der Waals surface area contributed by atoms with E-state index in [4.69, 9.17) is 29.0 Å². The van der Waals surface area contributed by atoms with Gasteiger partial charge in [0.05, 0.1) is 33.1 Å². The van der Waals surface area contributed by atoms with E-state index in [1.165, 1.54) is 45.0 Å². The zero-order chi connectivity index (χ0) is 34.3. The molecule has 1 aliphatic rings. The van der Waals surface area contributed by atoms with Gasteiger partial charge in [0.15, 0.2) is 17.4 Å². The van der Waals surface area contributed by atoms with Crippen molar-refractivity contribution in [2.45, 2.75) is 56.8 Å². The van der Waals surface area contributed by atoms with Crippen molar-refractivity contribution in [3.8, 4) is 11.6 Å². The van der Waals surface area contributed by atoms with Gasteiger partial charge in [-0.1, -0.05) is 24.3 Å². The van der Waals surface area contributed by atoms with Crippen LogP contribution in [0.2, 0.25) is 0 Å². The number of carbonyl (C=O) groups is 2. The number of aromatic nitrogens is 4. The molecule has 0 radical (unpaired) electrons. The first kappa shape index (κ1) is 34.0. The number of hydrogen-bond donors (Lipinski definition) is 5. The summed E-state index contributed by atoms with van der Waals surface area (Å²) in [6.45, 7) is 3.70. The van der Waals surface area contributed by atoms with Crippen molar-refractivity contribution in [3.63, 3.8) is 0 Å². The Hall–Kier alpha value is -4.38. The number of anilines is 1. The van der Waals surface area contributed by atoms with Gasteiger partial charge < -0.3 is 39.8 Å². The SMILES string of the molecule is COC(=O)[C@@H](C)c1ccc2cc(OP(=O)(NC(C)C(=O)O)OC[C@H]3OC(n4cnc5c(OC)nc(N)nc54)[C@](C)(O)[C@@H]3O)ccc2c1. The minimum Gasteiger partial charge on any atom is -0.480 e. The molecule has 3 heterocycles. The molecule has 0 spiro atoms. The molecule has 1 aliphatic heterocycles. The number of hydrogen-bond acceptors (Lipinski definition) is 14. The molecular weight excluding hydrogens is 639 g/mol. The van der Waals surface area contributed by atoms with Gasteiger partial charge in [-0.15, -0.1) is 0 Å². The zero-order valence-corrected chi connectivity index (χ0v) is 27.0. The van der Waals surface area contributed by atoms with Crippen LogP contribution < -0.4 is 20.1 Å². The molecule has 0 saturated carbocycles. The molecule has 1 fully saturated rings. The Kier molecular flexibility index (Phi) is 9.41. The number of carboxylic acid groups (broad SMARTS) is 1. The number of carboxylic acids is 1. The van der Waals surface area contributed by atoms with Crippen molar-refractivity contribution in [2.75, 3.05) is 26.6 Å². The van der Waals surface area contributed by atoms with Crippen LogP contribution in [-0.4, -0.2) is 91.5 Å². The summed E-state index contributed by atoms with van der Waals surface area (Å²) in [5, 5.41) is 35.6. The molecule has 2 aromatic heterocycles. The number of aliphatic hydroxyl groups excluding tert-OH is 1. The summed E-state index contributed by atoms with van der Waals surface area (Å²) in [6.07, 6.45) is -2.83. The number of nitrogen functional groups attached to an aromatic ring is 1. The molecule has 1 saturated heterocycles. The van der Waals surface area contributed by atoms with Crippen LogP contribution in [0.5, 0.6) is 11.6 Å². The van der Waals surface area contributed by atoms with E-state index in [9.17, 15) is 29.5 Å². The second-order valence-electron chi connectivity index (χ2n) is 11.2. The second kappa shape index (κ2) is 13.0. The van der Waals surface area contributed by atoms with Crippen molar-refractivity contribution in [2.24, 2.45) is 0 Å². The van der Waals surface area contributed by atoms with E-state index in [1.54, 1.807) is 31.2 Å². The van der Waals surface area contributed by atoms with Gasteiger partial charge in [-0.25, -0.2) is 9.55 Å². The van der Waals surface area contributed by atoms with Crippen LogP contribution in [0.3, 0.4) is 0 Å². The smallest absolute Gasteiger partial charge is 0.459 e. The van der Waals surface area contributed by atoms with Crippen LogP contribution in [0, 0.1) is 0 Å². The minimum atomic E-state index is -4.47. The standard InChI is InChI=1S/C29H35N6O11P/c1-14(26(39)43-5)16-6-7-18-11-19(9-8-17(18)10-16)46-47(41,34-15(2)25(37)38)44-12-20-22(36)29(3,40)27(45-20)35-13-31-21-23(35)32-28(30)33-24(21)42-4/h6-11,13-15,20,22,27,36,40H,12H2,1-5H3,(H,34,41)(H,37,38)(H2,30,32,33)/t14-,15?,20+,22+,27?,29+,47?/m0/s1. The van der Waals surface area contributed by atoms with Gasteiger partial charge in [0, 0.05) is 0 Å². The number of carbonyl (C=O) groups excluding carboxylic acids is 1. The van der Waals surface area contributed by atoms with Gasteiger partial charge >= 0.3 is 19.7 Å². The molecule has 0 bridgehead atoms. The van der Waals surface area contributed by atoms with E-state index in [0.29, 0.717) is 5.39 Å². The molecule has 17 nitrogen and oxygen atoms in total.